The zero-order valence-electron chi connectivity index (χ0n) is 40.5. The van der Waals surface area contributed by atoms with Crippen LogP contribution in [0.3, 0.4) is 0 Å². The van der Waals surface area contributed by atoms with Gasteiger partial charge in [-0.05, 0) is 74.4 Å². The van der Waals surface area contributed by atoms with Gasteiger partial charge in [0.25, 0.3) is 31.2 Å². The van der Waals surface area contributed by atoms with Crippen LogP contribution in [0.15, 0.2) is 71.9 Å². The Kier molecular flexibility index (Phi) is 23.7. The molecule has 2 aromatic carbocycles. The van der Waals surface area contributed by atoms with E-state index in [9.17, 15) is 44.7 Å². The van der Waals surface area contributed by atoms with Crippen molar-refractivity contribution in [2.75, 3.05) is 77.6 Å². The number of carbonyl (C=O) groups excluding carboxylic acids is 3. The molecule has 75 heavy (non-hydrogen) atoms. The SMILES string of the molecule is COc1ccccc1Oc1c(OCCOC(=O)OCCCCO[N+](=O)[O-])nc(-c2ncccn2)nc1N(COC(=O)OCCCCO[N+](=O)[O-])S(=O)(=O)c1ccc(C(C)(C)COC(=O)OCCCCO[N+](=O)[O-])cc1. The van der Waals surface area contributed by atoms with Gasteiger partial charge in [0.1, 0.15) is 19.8 Å². The summed E-state index contributed by atoms with van der Waals surface area (Å²) in [5.41, 5.74) is -0.463. The molecular formula is C43H52N8O23S. The number of aromatic nitrogens is 4. The third-order valence-corrected chi connectivity index (χ3v) is 11.3. The monoisotopic (exact) mass is 1080 g/mol. The summed E-state index contributed by atoms with van der Waals surface area (Å²) in [4.78, 5) is 98.6. The van der Waals surface area contributed by atoms with Crippen molar-refractivity contribution in [2.45, 2.75) is 62.7 Å². The molecule has 0 fully saturated rings. The van der Waals surface area contributed by atoms with Gasteiger partial charge in [0.15, 0.2) is 29.9 Å². The van der Waals surface area contributed by atoms with E-state index in [1.807, 2.05) is 0 Å². The van der Waals surface area contributed by atoms with Gasteiger partial charge in [-0.15, -0.1) is 30.3 Å². The number of unbranched alkanes of at least 4 members (excludes halogenated alkanes) is 3. The quantitative estimate of drug-likeness (QED) is 0.0130. The Hall–Kier alpha value is -8.84. The molecule has 0 aliphatic heterocycles. The highest BCUT2D eigenvalue weighted by Crippen LogP contribution is 2.44. The minimum atomic E-state index is -4.96. The maximum absolute atomic E-state index is 15.1. The molecule has 0 amide bonds. The Bertz CT molecular complexity index is 2620. The van der Waals surface area contributed by atoms with E-state index in [1.54, 1.807) is 26.0 Å². The highest BCUT2D eigenvalue weighted by atomic mass is 32.2. The molecule has 4 aromatic rings. The van der Waals surface area contributed by atoms with Crippen molar-refractivity contribution in [1.82, 2.24) is 19.9 Å². The number of hydrogen-bond acceptors (Lipinski definition) is 27. The number of carbonyl (C=O) groups is 3. The van der Waals surface area contributed by atoms with Crippen LogP contribution >= 0.6 is 0 Å². The number of para-hydroxylation sites is 2. The van der Waals surface area contributed by atoms with E-state index in [1.165, 1.54) is 62.0 Å². The fourth-order valence-corrected chi connectivity index (χ4v) is 7.15. The predicted molar refractivity (Wildman–Crippen MR) is 249 cm³/mol. The van der Waals surface area contributed by atoms with Crippen molar-refractivity contribution in [1.29, 1.82) is 0 Å². The fourth-order valence-electron chi connectivity index (χ4n) is 5.87. The maximum atomic E-state index is 15.1. The molecule has 4 rings (SSSR count). The number of nitrogens with zero attached hydrogens (tertiary/aromatic N) is 8. The third kappa shape index (κ3) is 20.3. The van der Waals surface area contributed by atoms with E-state index in [2.05, 4.69) is 34.4 Å². The minimum Gasteiger partial charge on any atom is -0.493 e. The second-order valence-corrected chi connectivity index (χ2v) is 17.3. The summed E-state index contributed by atoms with van der Waals surface area (Å²) in [6.45, 7) is -0.225. The lowest BCUT2D eigenvalue weighted by Crippen LogP contribution is -2.36. The lowest BCUT2D eigenvalue weighted by Gasteiger charge is -2.27. The number of sulfonamides is 1. The summed E-state index contributed by atoms with van der Waals surface area (Å²) in [7, 11) is -3.62. The van der Waals surface area contributed by atoms with Crippen LogP contribution < -0.4 is 18.5 Å². The van der Waals surface area contributed by atoms with Crippen molar-refractivity contribution in [3.63, 3.8) is 0 Å². The molecule has 32 heteroatoms. The molecule has 0 atom stereocenters. The van der Waals surface area contributed by atoms with Gasteiger partial charge in [-0.1, -0.05) is 38.1 Å². The average molecular weight is 1080 g/mol. The van der Waals surface area contributed by atoms with Crippen molar-refractivity contribution >= 4 is 34.3 Å². The number of hydrogen-bond donors (Lipinski definition) is 0. The summed E-state index contributed by atoms with van der Waals surface area (Å²) in [5, 5.41) is 28.3. The van der Waals surface area contributed by atoms with Crippen molar-refractivity contribution in [3.05, 3.63) is 103 Å². The molecule has 0 radical (unpaired) electrons. The van der Waals surface area contributed by atoms with Crippen LogP contribution in [0.2, 0.25) is 0 Å². The molecule has 0 saturated heterocycles. The summed E-state index contributed by atoms with van der Waals surface area (Å²) < 4.78 is 79.4. The van der Waals surface area contributed by atoms with Crippen molar-refractivity contribution in [3.8, 4) is 34.8 Å². The van der Waals surface area contributed by atoms with E-state index in [-0.39, 0.29) is 108 Å². The molecule has 0 bridgehead atoms. The van der Waals surface area contributed by atoms with Gasteiger partial charge >= 0.3 is 18.5 Å². The Morgan fingerprint density at radius 3 is 1.63 bits per heavy atom. The Morgan fingerprint density at radius 2 is 1.09 bits per heavy atom. The first-order valence-electron chi connectivity index (χ1n) is 22.4. The lowest BCUT2D eigenvalue weighted by atomic mass is 9.86. The van der Waals surface area contributed by atoms with Crippen LogP contribution in [-0.2, 0) is 58.4 Å². The summed E-state index contributed by atoms with van der Waals surface area (Å²) in [6.07, 6.45) is 0.299. The first kappa shape index (κ1) is 58.7. The Labute approximate surface area is 426 Å². The van der Waals surface area contributed by atoms with E-state index in [0.29, 0.717) is 9.87 Å². The molecule has 0 unspecified atom stereocenters. The summed E-state index contributed by atoms with van der Waals surface area (Å²) in [5.74, 6) is -2.06. The molecule has 2 heterocycles. The number of anilines is 1. The molecule has 0 N–H and O–H groups in total. The highest BCUT2D eigenvalue weighted by molar-refractivity contribution is 7.92. The van der Waals surface area contributed by atoms with Crippen molar-refractivity contribution < 1.29 is 95.2 Å². The van der Waals surface area contributed by atoms with Crippen LogP contribution in [-0.4, -0.2) is 135 Å². The van der Waals surface area contributed by atoms with E-state index in [0.717, 1.165) is 0 Å². The normalized spacial score (nSPS) is 11.0. The molecule has 408 valence electrons. The second-order valence-electron chi connectivity index (χ2n) is 15.4. The average Bonchev–Trinajstić information content (AvgIpc) is 3.38. The maximum Gasteiger partial charge on any atom is 0.510 e. The molecule has 0 aliphatic rings. The molecule has 0 spiro atoms. The topological polar surface area (TPSA) is 380 Å². The van der Waals surface area contributed by atoms with E-state index >= 15 is 8.42 Å². The van der Waals surface area contributed by atoms with Gasteiger partial charge in [0.2, 0.25) is 11.6 Å². The van der Waals surface area contributed by atoms with Gasteiger partial charge in [0.05, 0.1) is 51.6 Å². The van der Waals surface area contributed by atoms with Crippen LogP contribution in [0.1, 0.15) is 57.9 Å². The standard InChI is InChI=1S/C43H52N8O23S/c1-43(2,29-69-41(53)66-22-7-10-25-72-50(57)58)31-15-17-32(18-16-31)75(61,62)48(30-70-42(54)67-23-8-11-26-73-51(59)60)38-35(74-34-14-5-4-13-33(34)63-3)39(47-37(46-38)36-44-19-12-20-45-36)64-27-28-68-40(52)65-21-6-9-24-71-49(55)56/h4-5,12-20H,6-11,21-30H2,1-3H3. The molecule has 0 saturated carbocycles. The number of methoxy groups -OCH3 is 1. The van der Waals surface area contributed by atoms with Gasteiger partial charge < -0.3 is 57.1 Å². The Balaban J connectivity index is 1.72. The largest absolute Gasteiger partial charge is 0.510 e. The first-order chi connectivity index (χ1) is 35.9. The molecule has 2 aromatic heterocycles. The predicted octanol–water partition coefficient (Wildman–Crippen LogP) is 5.97. The van der Waals surface area contributed by atoms with Crippen LogP contribution in [0.25, 0.3) is 11.6 Å². The second kappa shape index (κ2) is 30.3. The zero-order chi connectivity index (χ0) is 54.6. The van der Waals surface area contributed by atoms with Gasteiger partial charge in [-0.25, -0.2) is 42.1 Å². The third-order valence-electron chi connectivity index (χ3n) is 9.58. The first-order valence-corrected chi connectivity index (χ1v) is 23.8. The van der Waals surface area contributed by atoms with Crippen molar-refractivity contribution in [2.24, 2.45) is 0 Å². The smallest absolute Gasteiger partial charge is 0.493 e. The lowest BCUT2D eigenvalue weighted by molar-refractivity contribution is -0.757. The number of ether oxygens (including phenoxy) is 9. The minimum absolute atomic E-state index is 0.0273. The molecule has 0 aliphatic carbocycles. The zero-order valence-corrected chi connectivity index (χ0v) is 41.4. The molecule has 31 nitrogen and oxygen atoms in total. The Morgan fingerprint density at radius 1 is 0.600 bits per heavy atom. The summed E-state index contributed by atoms with van der Waals surface area (Å²) in [6, 6.07) is 12.9. The van der Waals surface area contributed by atoms with Gasteiger partial charge in [-0.2, -0.15) is 4.98 Å². The van der Waals surface area contributed by atoms with E-state index in [4.69, 9.17) is 42.6 Å². The van der Waals surface area contributed by atoms with Gasteiger partial charge in [-0.3, -0.25) is 0 Å². The summed E-state index contributed by atoms with van der Waals surface area (Å²) >= 11 is 0. The van der Waals surface area contributed by atoms with Crippen LogP contribution in [0.5, 0.6) is 23.1 Å². The number of rotatable bonds is 34. The van der Waals surface area contributed by atoms with Crippen LogP contribution in [0.4, 0.5) is 20.2 Å². The van der Waals surface area contributed by atoms with Crippen LogP contribution in [0, 0.1) is 30.3 Å². The number of benzene rings is 2. The van der Waals surface area contributed by atoms with Gasteiger partial charge in [0, 0.05) is 17.8 Å². The van der Waals surface area contributed by atoms with E-state index < -0.39 is 91.5 Å². The highest BCUT2D eigenvalue weighted by Gasteiger charge is 2.35. The molecular weight excluding hydrogens is 1030 g/mol. The fraction of sp³-hybridized carbons (Fsp3) is 0.465.